The molecule has 0 saturated carbocycles. The Bertz CT molecular complexity index is 1720. The van der Waals surface area contributed by atoms with E-state index in [0.717, 1.165) is 5.56 Å². The summed E-state index contributed by atoms with van der Waals surface area (Å²) in [6.45, 7) is -0.445. The van der Waals surface area contributed by atoms with Crippen molar-refractivity contribution in [3.63, 3.8) is 0 Å². The monoisotopic (exact) mass is 584 g/mol. The molecule has 2 amide bonds. The zero-order valence-corrected chi connectivity index (χ0v) is 23.7. The fraction of sp³-hybridized carbons (Fsp3) is 0.156. The van der Waals surface area contributed by atoms with E-state index in [9.17, 15) is 14.0 Å². The van der Waals surface area contributed by atoms with Gasteiger partial charge in [-0.15, -0.1) is 0 Å². The third kappa shape index (κ3) is 6.51. The van der Waals surface area contributed by atoms with Crippen molar-refractivity contribution in [2.45, 2.75) is 6.54 Å². The smallest absolute Gasteiger partial charge is 0.257 e. The number of nitrogens with one attached hydrogen (secondary N) is 1. The molecule has 0 aliphatic carbocycles. The van der Waals surface area contributed by atoms with E-state index in [0.29, 0.717) is 34.4 Å². The normalized spacial score (nSPS) is 10.7. The number of ether oxygens (including phenoxy) is 3. The number of anilines is 1. The van der Waals surface area contributed by atoms with Gasteiger partial charge in [0.15, 0.2) is 11.5 Å². The van der Waals surface area contributed by atoms with Crippen molar-refractivity contribution in [1.29, 1.82) is 0 Å². The van der Waals surface area contributed by atoms with Crippen LogP contribution in [0.3, 0.4) is 0 Å². The number of amides is 2. The van der Waals surface area contributed by atoms with Crippen LogP contribution in [0.15, 0.2) is 95.7 Å². The number of imidazole rings is 1. The number of benzene rings is 3. The summed E-state index contributed by atoms with van der Waals surface area (Å²) in [7, 11) is 4.65. The van der Waals surface area contributed by atoms with Gasteiger partial charge in [-0.25, -0.2) is 9.37 Å². The van der Waals surface area contributed by atoms with Crippen LogP contribution in [-0.4, -0.2) is 54.1 Å². The molecule has 2 aromatic heterocycles. The molecule has 0 fully saturated rings. The number of hydrogen-bond donors (Lipinski definition) is 1. The lowest BCUT2D eigenvalue weighted by atomic mass is 10.1. The molecule has 0 aliphatic rings. The van der Waals surface area contributed by atoms with Gasteiger partial charge < -0.3 is 23.5 Å². The number of halogens is 1. The van der Waals surface area contributed by atoms with Gasteiger partial charge in [-0.3, -0.25) is 19.5 Å². The third-order valence-corrected chi connectivity index (χ3v) is 6.64. The second kappa shape index (κ2) is 12.9. The molecule has 0 radical (unpaired) electrons. The summed E-state index contributed by atoms with van der Waals surface area (Å²) >= 11 is 0. The van der Waals surface area contributed by atoms with Crippen molar-refractivity contribution in [2.24, 2.45) is 0 Å². The minimum absolute atomic E-state index is 0.0468. The highest BCUT2D eigenvalue weighted by Crippen LogP contribution is 2.32. The fourth-order valence-electron chi connectivity index (χ4n) is 4.47. The summed E-state index contributed by atoms with van der Waals surface area (Å²) < 4.78 is 37.7. The van der Waals surface area contributed by atoms with Gasteiger partial charge in [0.05, 0.1) is 51.1 Å². The Hall–Kier alpha value is -5.58. The molecule has 1 N–H and O–H groups in total. The summed E-state index contributed by atoms with van der Waals surface area (Å²) in [4.78, 5) is 32.7. The van der Waals surface area contributed by atoms with Crippen molar-refractivity contribution in [3.8, 4) is 34.2 Å². The first-order chi connectivity index (χ1) is 20.9. The molecule has 0 spiro atoms. The molecule has 5 rings (SSSR count). The Morgan fingerprint density at radius 1 is 0.930 bits per heavy atom. The van der Waals surface area contributed by atoms with E-state index >= 15 is 0 Å². The Morgan fingerprint density at radius 3 is 2.37 bits per heavy atom. The molecule has 43 heavy (non-hydrogen) atoms. The van der Waals surface area contributed by atoms with Gasteiger partial charge in [0.1, 0.15) is 23.9 Å². The van der Waals surface area contributed by atoms with Crippen LogP contribution < -0.4 is 19.5 Å². The zero-order valence-electron chi connectivity index (χ0n) is 23.7. The maximum atomic E-state index is 14.5. The van der Waals surface area contributed by atoms with Gasteiger partial charge in [-0.05, 0) is 60.7 Å². The number of hydrogen-bond acceptors (Lipinski definition) is 7. The predicted molar refractivity (Wildman–Crippen MR) is 157 cm³/mol. The van der Waals surface area contributed by atoms with Crippen molar-refractivity contribution < 1.29 is 32.6 Å². The molecule has 220 valence electrons. The summed E-state index contributed by atoms with van der Waals surface area (Å²) in [5.74, 6) is 0.435. The van der Waals surface area contributed by atoms with Crippen LogP contribution in [0.5, 0.6) is 17.2 Å². The molecule has 0 aliphatic heterocycles. The molecule has 5 aromatic rings. The number of carbonyl (C=O) groups is 2. The maximum absolute atomic E-state index is 14.5. The minimum atomic E-state index is -0.689. The summed E-state index contributed by atoms with van der Waals surface area (Å²) in [6, 6.07) is 21.6. The first-order valence-electron chi connectivity index (χ1n) is 13.2. The summed E-state index contributed by atoms with van der Waals surface area (Å²) in [5, 5.41) is 2.82. The van der Waals surface area contributed by atoms with Gasteiger partial charge in [0.2, 0.25) is 11.9 Å². The quantitative estimate of drug-likeness (QED) is 0.216. The van der Waals surface area contributed by atoms with E-state index in [1.54, 1.807) is 61.4 Å². The van der Waals surface area contributed by atoms with Gasteiger partial charge in [0.25, 0.3) is 5.91 Å². The van der Waals surface area contributed by atoms with Crippen molar-refractivity contribution >= 4 is 17.8 Å². The number of nitrogens with zero attached hydrogens (tertiary/aromatic N) is 3. The van der Waals surface area contributed by atoms with E-state index in [1.807, 2.05) is 24.3 Å². The molecular formula is C32H29FN4O6. The summed E-state index contributed by atoms with van der Waals surface area (Å²) in [6.07, 6.45) is 3.23. The van der Waals surface area contributed by atoms with E-state index in [1.165, 1.54) is 36.5 Å². The van der Waals surface area contributed by atoms with E-state index in [-0.39, 0.29) is 18.1 Å². The molecule has 0 atom stereocenters. The van der Waals surface area contributed by atoms with Crippen molar-refractivity contribution in [1.82, 2.24) is 14.5 Å². The molecule has 11 heteroatoms. The molecule has 0 bridgehead atoms. The fourth-order valence-corrected chi connectivity index (χ4v) is 4.47. The summed E-state index contributed by atoms with van der Waals surface area (Å²) in [5.41, 5.74) is 1.83. The second-order valence-electron chi connectivity index (χ2n) is 9.36. The minimum Gasteiger partial charge on any atom is -0.497 e. The van der Waals surface area contributed by atoms with Gasteiger partial charge in [0, 0.05) is 17.8 Å². The van der Waals surface area contributed by atoms with Crippen molar-refractivity contribution in [2.75, 3.05) is 33.2 Å². The van der Waals surface area contributed by atoms with Crippen LogP contribution in [0.2, 0.25) is 0 Å². The highest BCUT2D eigenvalue weighted by Gasteiger charge is 2.24. The van der Waals surface area contributed by atoms with Crippen molar-refractivity contribution in [3.05, 3.63) is 108 Å². The highest BCUT2D eigenvalue weighted by molar-refractivity contribution is 5.99. The Labute approximate surface area is 247 Å². The molecule has 2 heterocycles. The van der Waals surface area contributed by atoms with Gasteiger partial charge in [-0.1, -0.05) is 12.1 Å². The first-order valence-corrected chi connectivity index (χ1v) is 13.2. The maximum Gasteiger partial charge on any atom is 0.257 e. The van der Waals surface area contributed by atoms with Gasteiger partial charge in [-0.2, -0.15) is 0 Å². The van der Waals surface area contributed by atoms with E-state index in [4.69, 9.17) is 18.6 Å². The topological polar surface area (TPSA) is 108 Å². The van der Waals surface area contributed by atoms with E-state index in [2.05, 4.69) is 10.3 Å². The lowest BCUT2D eigenvalue weighted by Crippen LogP contribution is -2.38. The van der Waals surface area contributed by atoms with Crippen LogP contribution in [-0.2, 0) is 11.3 Å². The van der Waals surface area contributed by atoms with Crippen LogP contribution in [0.1, 0.15) is 16.1 Å². The van der Waals surface area contributed by atoms with E-state index < -0.39 is 24.2 Å². The Balaban J connectivity index is 1.48. The molecule has 10 nitrogen and oxygen atoms in total. The Morgan fingerprint density at radius 2 is 1.70 bits per heavy atom. The number of carbonyl (C=O) groups excluding carboxylic acids is 2. The predicted octanol–water partition coefficient (Wildman–Crippen LogP) is 5.58. The molecule has 0 unspecified atom stereocenters. The van der Waals surface area contributed by atoms with Gasteiger partial charge >= 0.3 is 0 Å². The first kappa shape index (κ1) is 28.9. The molecule has 0 saturated heterocycles. The largest absolute Gasteiger partial charge is 0.497 e. The average molecular weight is 585 g/mol. The number of methoxy groups -OCH3 is 3. The second-order valence-corrected chi connectivity index (χ2v) is 9.36. The molecule has 3 aromatic carbocycles. The Kier molecular flexibility index (Phi) is 8.71. The SMILES string of the molecule is COc1ccc(-c2cn(-c3ccc(OC)c(OC)c3)c(NC(=O)CN(Cc3ccco3)C(=O)c3ccccc3F)n2)cc1. The zero-order chi connectivity index (χ0) is 30.3. The standard InChI is InChI=1S/C32H29FN4O6/c1-40-23-13-10-21(11-14-23)27-19-37(22-12-15-28(41-2)29(17-22)42-3)32(34-27)35-30(38)20-36(18-24-7-6-16-43-24)31(39)25-8-4-5-9-26(25)33/h4-17,19H,18,20H2,1-3H3,(H,34,35,38). The third-order valence-electron chi connectivity index (χ3n) is 6.64. The van der Waals surface area contributed by atoms with Crippen LogP contribution in [0.25, 0.3) is 16.9 Å². The number of rotatable bonds is 11. The lowest BCUT2D eigenvalue weighted by molar-refractivity contribution is -0.117. The highest BCUT2D eigenvalue weighted by atomic mass is 19.1. The lowest BCUT2D eigenvalue weighted by Gasteiger charge is -2.21. The average Bonchev–Trinajstić information content (AvgIpc) is 3.70. The van der Waals surface area contributed by atoms with Crippen LogP contribution >= 0.6 is 0 Å². The van der Waals surface area contributed by atoms with Crippen LogP contribution in [0, 0.1) is 5.82 Å². The van der Waals surface area contributed by atoms with Crippen LogP contribution in [0.4, 0.5) is 10.3 Å². The number of furan rings is 1. The molecular weight excluding hydrogens is 555 g/mol. The number of aromatic nitrogens is 2.